The molecule has 0 aliphatic carbocycles. The first-order valence-electron chi connectivity index (χ1n) is 1.35. The quantitative estimate of drug-likeness (QED) is 0.433. The van der Waals surface area contributed by atoms with Gasteiger partial charge in [-0.3, -0.25) is 8.92 Å². The zero-order valence-corrected chi connectivity index (χ0v) is 9.74. The molecule has 5 nitrogen and oxygen atoms in total. The number of rotatable bonds is 2. The van der Waals surface area contributed by atoms with Crippen molar-refractivity contribution in [2.24, 2.45) is 0 Å². The van der Waals surface area contributed by atoms with Crippen LogP contribution in [0.1, 0.15) is 0 Å². The second-order valence-corrected chi connectivity index (χ2v) is 2.05. The van der Waals surface area contributed by atoms with E-state index in [0.29, 0.717) is 0 Å². The summed E-state index contributed by atoms with van der Waals surface area (Å²) in [6.45, 7) is 0. The number of hydrogen-bond acceptors (Lipinski definition) is 5. The Balaban J connectivity index is -0.0000000326. The van der Waals surface area contributed by atoms with Crippen LogP contribution in [-0.2, 0) is 19.4 Å². The van der Waals surface area contributed by atoms with Gasteiger partial charge in [-0.05, 0) is 0 Å². The maximum absolute atomic E-state index is 9.21. The van der Waals surface area contributed by atoms with Crippen LogP contribution in [0.2, 0.25) is 0 Å². The molecule has 0 spiro atoms. The molecule has 0 bridgehead atoms. The molecule has 0 aliphatic heterocycles. The third-order valence-corrected chi connectivity index (χ3v) is 1.00. The average Bonchev–Trinajstić information content (AvgIpc) is 1.71. The summed E-state index contributed by atoms with van der Waals surface area (Å²) >= 11 is -2.48. The van der Waals surface area contributed by atoms with Crippen molar-refractivity contribution in [3.63, 3.8) is 0 Å². The van der Waals surface area contributed by atoms with Gasteiger partial charge in [-0.15, -0.1) is 24.0 Å². The molecule has 0 aromatic heterocycles. The topological polar surface area (TPSA) is 77.5 Å². The SMILES string of the molecule is I.O=[Si]=O.[CaH2].[O]=[Al][O][Al]=[O]. The molecule has 0 rings (SSSR count). The fourth-order valence-corrected chi connectivity index (χ4v) is 0.204. The van der Waals surface area contributed by atoms with Crippen LogP contribution < -0.4 is 0 Å². The predicted octanol–water partition coefficient (Wildman–Crippen LogP) is -1.98. The maximum atomic E-state index is 9.21. The molecule has 0 aliphatic rings. The fraction of sp³-hybridized carbons (Fsp3) is 0. The normalized spacial score (nSPS) is 2.80. The van der Waals surface area contributed by atoms with Crippen molar-refractivity contribution < 1.29 is 19.4 Å². The summed E-state index contributed by atoms with van der Waals surface area (Å²) in [4.78, 5) is 0. The molecule has 10 heavy (non-hydrogen) atoms. The van der Waals surface area contributed by atoms with Crippen molar-refractivity contribution in [2.75, 3.05) is 0 Å². The van der Waals surface area contributed by atoms with Gasteiger partial charge in [0.05, 0.1) is 0 Å². The molecule has 0 atom stereocenters. The predicted molar refractivity (Wildman–Crippen MR) is 45.1 cm³/mol. The van der Waals surface area contributed by atoms with Gasteiger partial charge < -0.3 is 0 Å². The average molecular weight is 332 g/mol. The molecule has 0 saturated carbocycles. The van der Waals surface area contributed by atoms with Crippen LogP contribution >= 0.6 is 24.0 Å². The van der Waals surface area contributed by atoms with Crippen molar-refractivity contribution >= 4 is 102 Å². The van der Waals surface area contributed by atoms with Gasteiger partial charge in [0, 0.05) is 0 Å². The molecule has 0 saturated heterocycles. The Morgan fingerprint density at radius 1 is 1.10 bits per heavy atom. The summed E-state index contributed by atoms with van der Waals surface area (Å²) < 4.78 is 39.1. The van der Waals surface area contributed by atoms with Gasteiger partial charge in [0.2, 0.25) is 0 Å². The second-order valence-electron chi connectivity index (χ2n) is 0.412. The Kier molecular flexibility index (Phi) is 68.9. The molecule has 0 amide bonds. The summed E-state index contributed by atoms with van der Waals surface area (Å²) in [6, 6.07) is 0. The van der Waals surface area contributed by atoms with Crippen molar-refractivity contribution in [3.8, 4) is 0 Å². The molecule has 0 fully saturated rings. The number of hydrogen-bond donors (Lipinski definition) is 0. The van der Waals surface area contributed by atoms with Gasteiger partial charge >= 0.3 is 88.5 Å². The molecule has 52 valence electrons. The summed E-state index contributed by atoms with van der Waals surface area (Å²) in [5, 5.41) is 0. The molecule has 0 aromatic rings. The first-order valence-corrected chi connectivity index (χ1v) is 4.05. The Labute approximate surface area is 119 Å². The molecule has 0 radical (unpaired) electrons. The minimum absolute atomic E-state index is 0. The van der Waals surface area contributed by atoms with Crippen LogP contribution in [0.15, 0.2) is 0 Å². The third kappa shape index (κ3) is 48.4. The molecule has 0 aromatic carbocycles. The van der Waals surface area contributed by atoms with E-state index in [1.54, 1.807) is 0 Å². The van der Waals surface area contributed by atoms with Gasteiger partial charge in [-0.1, -0.05) is 0 Å². The minimum atomic E-state index is -1.42. The zero-order chi connectivity index (χ0) is 6.83. The van der Waals surface area contributed by atoms with E-state index < -0.39 is 40.3 Å². The number of halogens is 1. The molecule has 0 unspecified atom stereocenters. The van der Waals surface area contributed by atoms with Crippen molar-refractivity contribution in [2.45, 2.75) is 0 Å². The van der Waals surface area contributed by atoms with Crippen molar-refractivity contribution in [1.82, 2.24) is 0 Å². The van der Waals surface area contributed by atoms with Crippen LogP contribution in [-0.4, -0.2) is 78.0 Å². The Morgan fingerprint density at radius 3 is 1.30 bits per heavy atom. The van der Waals surface area contributed by atoms with E-state index in [1.807, 2.05) is 0 Å². The summed E-state index contributed by atoms with van der Waals surface area (Å²) in [5.74, 6) is 0. The standard InChI is InChI=1S/2Al.Ca.HI.O2Si.3O.2H/c;;;;1-3-2;;;;;/h;;;1H;;;;;;. The molecule has 0 N–H and O–H groups in total. The van der Waals surface area contributed by atoms with E-state index in [4.69, 9.17) is 8.92 Å². The van der Waals surface area contributed by atoms with E-state index in [9.17, 15) is 7.61 Å². The van der Waals surface area contributed by atoms with Gasteiger partial charge in [0.1, 0.15) is 0 Å². The van der Waals surface area contributed by atoms with Crippen molar-refractivity contribution in [1.29, 1.82) is 0 Å². The molecule has 0 heterocycles. The van der Waals surface area contributed by atoms with E-state index in [0.717, 1.165) is 0 Å². The van der Waals surface area contributed by atoms with E-state index in [1.165, 1.54) is 0 Å². The zero-order valence-electron chi connectivity index (χ0n) is 4.10. The Bertz CT molecular complexity index is 95.8. The summed E-state index contributed by atoms with van der Waals surface area (Å²) in [7, 11) is -1.42. The van der Waals surface area contributed by atoms with Crippen LogP contribution in [0, 0.1) is 0 Å². The van der Waals surface area contributed by atoms with E-state index in [-0.39, 0.29) is 61.7 Å². The third-order valence-electron chi connectivity index (χ3n) is 0.111. The van der Waals surface area contributed by atoms with Crippen LogP contribution in [0.4, 0.5) is 0 Å². The first kappa shape index (κ1) is 22.8. The summed E-state index contributed by atoms with van der Waals surface area (Å²) in [6.07, 6.45) is 0. The van der Waals surface area contributed by atoms with Gasteiger partial charge in [0.15, 0.2) is 0 Å². The van der Waals surface area contributed by atoms with Gasteiger partial charge in [0.25, 0.3) is 0 Å². The second kappa shape index (κ2) is 30.2. The summed E-state index contributed by atoms with van der Waals surface area (Å²) in [5.41, 5.74) is 0. The molecular formula is H3Al2CaIO5Si. The van der Waals surface area contributed by atoms with Crippen molar-refractivity contribution in [3.05, 3.63) is 0 Å². The Morgan fingerprint density at radius 2 is 1.30 bits per heavy atom. The van der Waals surface area contributed by atoms with Gasteiger partial charge in [-0.25, -0.2) is 0 Å². The van der Waals surface area contributed by atoms with E-state index in [2.05, 4.69) is 2.84 Å². The van der Waals surface area contributed by atoms with Crippen LogP contribution in [0.5, 0.6) is 0 Å². The van der Waals surface area contributed by atoms with Crippen LogP contribution in [0.3, 0.4) is 0 Å². The van der Waals surface area contributed by atoms with E-state index >= 15 is 0 Å². The monoisotopic (exact) mass is 332 g/mol. The molecular weight excluding hydrogens is 329 g/mol. The first-order chi connectivity index (χ1) is 3.83. The fourth-order valence-electron chi connectivity index (χ4n) is 0.0227. The molecule has 10 heteroatoms. The van der Waals surface area contributed by atoms with Crippen LogP contribution in [0.25, 0.3) is 0 Å². The Hall–Kier alpha value is 2.27. The van der Waals surface area contributed by atoms with Gasteiger partial charge in [-0.2, -0.15) is 0 Å².